The number of carbonyl (C=O) groups is 1. The van der Waals surface area contributed by atoms with Gasteiger partial charge in [0.25, 0.3) is 16.0 Å². The zero-order valence-electron chi connectivity index (χ0n) is 20.1. The number of aromatic hydroxyl groups is 1. The number of nitrogens with zero attached hydrogens (tertiary/aromatic N) is 2. The number of amides is 1. The molecule has 12 heteroatoms. The number of benzene rings is 4. The molecule has 0 saturated carbocycles. The second-order valence-electron chi connectivity index (χ2n) is 8.04. The number of hydrogen-bond acceptors (Lipinski definition) is 7. The van der Waals surface area contributed by atoms with Crippen LogP contribution in [0.2, 0.25) is 10.0 Å². The quantitative estimate of drug-likeness (QED) is 0.155. The molecule has 4 rings (SSSR count). The predicted molar refractivity (Wildman–Crippen MR) is 146 cm³/mol. The van der Waals surface area contributed by atoms with E-state index in [0.717, 1.165) is 0 Å². The van der Waals surface area contributed by atoms with Crippen LogP contribution in [0.4, 0.5) is 17.1 Å². The van der Waals surface area contributed by atoms with E-state index in [4.69, 9.17) is 27.9 Å². The Labute approximate surface area is 228 Å². The lowest BCUT2D eigenvalue weighted by Crippen LogP contribution is -2.13. The molecule has 0 fully saturated rings. The highest BCUT2D eigenvalue weighted by Crippen LogP contribution is 2.41. The highest BCUT2D eigenvalue weighted by molar-refractivity contribution is 7.86. The maximum Gasteiger partial charge on any atom is 0.297 e. The van der Waals surface area contributed by atoms with Crippen molar-refractivity contribution in [1.82, 2.24) is 0 Å². The number of azo groups is 1. The van der Waals surface area contributed by atoms with Crippen LogP contribution in [-0.2, 0) is 10.1 Å². The van der Waals surface area contributed by atoms with E-state index in [1.54, 1.807) is 49.4 Å². The van der Waals surface area contributed by atoms with Crippen LogP contribution in [0.25, 0.3) is 10.8 Å². The summed E-state index contributed by atoms with van der Waals surface area (Å²) in [6, 6.07) is 15.8. The number of hydrogen-bond donors (Lipinski definition) is 3. The van der Waals surface area contributed by atoms with E-state index >= 15 is 0 Å². The molecule has 0 atom stereocenters. The fourth-order valence-electron chi connectivity index (χ4n) is 3.84. The molecule has 0 aromatic heterocycles. The van der Waals surface area contributed by atoms with Gasteiger partial charge in [0.05, 0.1) is 22.9 Å². The third-order valence-corrected chi connectivity index (χ3v) is 7.32. The Kier molecular flexibility index (Phi) is 7.89. The SMILES string of the molecule is CCOc1c(Cl)cccc1NC(=O)c1cc2ccccc2c(N=Nc2ccc(Cl)c(C)c2S(=O)(=O)O)c1O. The van der Waals surface area contributed by atoms with Gasteiger partial charge in [0, 0.05) is 10.4 Å². The lowest BCUT2D eigenvalue weighted by molar-refractivity contribution is 0.102. The summed E-state index contributed by atoms with van der Waals surface area (Å²) in [7, 11) is -4.70. The van der Waals surface area contributed by atoms with Crippen molar-refractivity contribution >= 4 is 67.1 Å². The number of anilines is 1. The molecular weight excluding hydrogens is 553 g/mol. The van der Waals surface area contributed by atoms with Gasteiger partial charge in [0.2, 0.25) is 0 Å². The molecule has 4 aromatic carbocycles. The van der Waals surface area contributed by atoms with Crippen LogP contribution in [-0.4, -0.2) is 30.6 Å². The Morgan fingerprint density at radius 3 is 2.47 bits per heavy atom. The summed E-state index contributed by atoms with van der Waals surface area (Å²) < 4.78 is 39.3. The van der Waals surface area contributed by atoms with Crippen LogP contribution in [0.5, 0.6) is 11.5 Å². The number of fused-ring (bicyclic) bond motifs is 1. The Morgan fingerprint density at radius 1 is 1.03 bits per heavy atom. The Hall–Kier alpha value is -3.70. The molecule has 4 aromatic rings. The van der Waals surface area contributed by atoms with Crippen molar-refractivity contribution in [3.8, 4) is 11.5 Å². The normalized spacial score (nSPS) is 11.7. The molecule has 1 amide bonds. The van der Waals surface area contributed by atoms with Gasteiger partial charge in [-0.3, -0.25) is 9.35 Å². The molecule has 0 aliphatic carbocycles. The monoisotopic (exact) mass is 573 g/mol. The predicted octanol–water partition coefficient (Wildman–Crippen LogP) is 7.47. The molecule has 0 radical (unpaired) electrons. The maximum absolute atomic E-state index is 13.3. The minimum absolute atomic E-state index is 0.0828. The third kappa shape index (κ3) is 5.44. The molecular formula is C26H21Cl2N3O6S. The van der Waals surface area contributed by atoms with Crippen LogP contribution in [0.15, 0.2) is 75.8 Å². The van der Waals surface area contributed by atoms with Crippen LogP contribution in [0, 0.1) is 6.92 Å². The van der Waals surface area contributed by atoms with E-state index in [0.29, 0.717) is 28.1 Å². The molecule has 3 N–H and O–H groups in total. The van der Waals surface area contributed by atoms with E-state index in [-0.39, 0.29) is 33.3 Å². The molecule has 196 valence electrons. The van der Waals surface area contributed by atoms with Gasteiger partial charge in [-0.25, -0.2) is 0 Å². The minimum atomic E-state index is -4.70. The number of rotatable bonds is 7. The fraction of sp³-hybridized carbons (Fsp3) is 0.115. The van der Waals surface area contributed by atoms with Crippen molar-refractivity contribution in [2.24, 2.45) is 10.2 Å². The van der Waals surface area contributed by atoms with Crippen molar-refractivity contribution in [3.05, 3.63) is 81.8 Å². The Morgan fingerprint density at radius 2 is 1.76 bits per heavy atom. The first kappa shape index (κ1) is 27.3. The number of phenols is 1. The smallest absolute Gasteiger partial charge is 0.297 e. The minimum Gasteiger partial charge on any atom is -0.505 e. The lowest BCUT2D eigenvalue weighted by Gasteiger charge is -2.14. The van der Waals surface area contributed by atoms with Crippen molar-refractivity contribution in [2.75, 3.05) is 11.9 Å². The molecule has 9 nitrogen and oxygen atoms in total. The van der Waals surface area contributed by atoms with Gasteiger partial charge in [-0.1, -0.05) is 53.5 Å². The summed E-state index contributed by atoms with van der Waals surface area (Å²) in [4.78, 5) is 12.8. The maximum atomic E-state index is 13.3. The topological polar surface area (TPSA) is 138 Å². The first-order chi connectivity index (χ1) is 18.0. The number of ether oxygens (including phenoxy) is 1. The molecule has 0 aliphatic heterocycles. The summed E-state index contributed by atoms with van der Waals surface area (Å²) in [5.74, 6) is -0.890. The van der Waals surface area contributed by atoms with E-state index in [9.17, 15) is 22.9 Å². The Balaban J connectivity index is 1.84. The van der Waals surface area contributed by atoms with E-state index in [1.807, 2.05) is 0 Å². The fourth-order valence-corrected chi connectivity index (χ4v) is 5.15. The van der Waals surface area contributed by atoms with Gasteiger partial charge in [-0.2, -0.15) is 8.42 Å². The summed E-state index contributed by atoms with van der Waals surface area (Å²) >= 11 is 12.2. The van der Waals surface area contributed by atoms with Crippen LogP contribution < -0.4 is 10.1 Å². The van der Waals surface area contributed by atoms with E-state index in [1.165, 1.54) is 25.1 Å². The Bertz CT molecular complexity index is 1710. The highest BCUT2D eigenvalue weighted by atomic mass is 35.5. The third-order valence-electron chi connectivity index (χ3n) is 5.58. The van der Waals surface area contributed by atoms with Crippen molar-refractivity contribution in [1.29, 1.82) is 0 Å². The van der Waals surface area contributed by atoms with Gasteiger partial charge in [0.15, 0.2) is 11.5 Å². The second kappa shape index (κ2) is 11.0. The number of carbonyl (C=O) groups excluding carboxylic acids is 1. The largest absolute Gasteiger partial charge is 0.505 e. The van der Waals surface area contributed by atoms with Gasteiger partial charge in [-0.15, -0.1) is 10.2 Å². The number of halogens is 2. The molecule has 0 aliphatic rings. The summed E-state index contributed by atoms with van der Waals surface area (Å²) in [6.07, 6.45) is 0. The molecule has 0 heterocycles. The number of phenolic OH excluding ortho intramolecular Hbond substituents is 1. The van der Waals surface area contributed by atoms with Crippen molar-refractivity contribution in [3.63, 3.8) is 0 Å². The summed E-state index contributed by atoms with van der Waals surface area (Å²) in [5, 5.41) is 23.3. The zero-order valence-corrected chi connectivity index (χ0v) is 22.4. The van der Waals surface area contributed by atoms with Crippen molar-refractivity contribution < 1.29 is 27.6 Å². The zero-order chi connectivity index (χ0) is 27.6. The summed E-state index contributed by atoms with van der Waals surface area (Å²) in [6.45, 7) is 3.50. The molecule has 38 heavy (non-hydrogen) atoms. The second-order valence-corrected chi connectivity index (χ2v) is 10.2. The molecule has 0 spiro atoms. The average molecular weight is 574 g/mol. The van der Waals surface area contributed by atoms with Gasteiger partial charge >= 0.3 is 0 Å². The number of nitrogens with one attached hydrogen (secondary N) is 1. The van der Waals surface area contributed by atoms with Crippen molar-refractivity contribution in [2.45, 2.75) is 18.7 Å². The van der Waals surface area contributed by atoms with Crippen LogP contribution >= 0.6 is 23.2 Å². The van der Waals surface area contributed by atoms with Gasteiger partial charge < -0.3 is 15.2 Å². The lowest BCUT2D eigenvalue weighted by atomic mass is 10.0. The van der Waals surface area contributed by atoms with E-state index in [2.05, 4.69) is 15.5 Å². The van der Waals surface area contributed by atoms with Gasteiger partial charge in [0.1, 0.15) is 16.3 Å². The first-order valence-electron chi connectivity index (χ1n) is 11.2. The molecule has 0 bridgehead atoms. The van der Waals surface area contributed by atoms with E-state index < -0.39 is 26.7 Å². The number of para-hydroxylation sites is 1. The molecule has 0 saturated heterocycles. The van der Waals surface area contributed by atoms with Crippen LogP contribution in [0.1, 0.15) is 22.8 Å². The van der Waals surface area contributed by atoms with Crippen LogP contribution in [0.3, 0.4) is 0 Å². The van der Waals surface area contributed by atoms with Gasteiger partial charge in [-0.05, 0) is 55.1 Å². The standard InChI is InChI=1S/C26H21Cl2N3O6S/c1-3-37-24-19(28)9-6-10-20(24)29-26(33)17-13-15-7-4-5-8-16(15)22(23(17)32)31-30-21-12-11-18(27)14(2)25(21)38(34,35)36/h4-13,32H,3H2,1-2H3,(H,29,33)(H,34,35,36). The average Bonchev–Trinajstić information content (AvgIpc) is 2.86. The molecule has 0 unspecified atom stereocenters. The first-order valence-corrected chi connectivity index (χ1v) is 13.4. The summed E-state index contributed by atoms with van der Waals surface area (Å²) in [5.41, 5.74) is -0.0254. The highest BCUT2D eigenvalue weighted by Gasteiger charge is 2.23.